The van der Waals surface area contributed by atoms with Gasteiger partial charge in [-0.05, 0) is 98.7 Å². The van der Waals surface area contributed by atoms with E-state index in [2.05, 4.69) is 0 Å². The molecular weight excluding hydrogens is 1480 g/mol. The molecule has 31 atom stereocenters. The summed E-state index contributed by atoms with van der Waals surface area (Å²) in [5.41, 5.74) is 1.91. The average molecular weight is 1580 g/mol. The molecule has 618 valence electrons. The number of hydrogen-bond acceptors (Lipinski definition) is 34. The minimum Gasteiger partial charge on any atom is -0.507 e. The van der Waals surface area contributed by atoms with Crippen molar-refractivity contribution in [3.63, 3.8) is 0 Å². The van der Waals surface area contributed by atoms with E-state index in [0.717, 1.165) is 0 Å². The molecule has 0 spiro atoms. The van der Waals surface area contributed by atoms with E-state index in [4.69, 9.17) is 67.3 Å². The number of rotatable bonds is 18. The summed E-state index contributed by atoms with van der Waals surface area (Å²) in [4.78, 5) is 67.9. The Morgan fingerprint density at radius 2 is 1.08 bits per heavy atom. The van der Waals surface area contributed by atoms with Crippen molar-refractivity contribution in [2.24, 2.45) is 11.7 Å². The number of aliphatic hydroxyl groups is 11. The first kappa shape index (κ1) is 84.9. The van der Waals surface area contributed by atoms with Crippen LogP contribution in [-0.2, 0) is 79.3 Å². The Bertz CT molecular complexity index is 4150. The third-order valence-corrected chi connectivity index (χ3v) is 23.4. The number of carbonyl (C=O) groups excluding carboxylic acids is 5. The number of phenols is 4. The lowest BCUT2D eigenvalue weighted by atomic mass is 9.72. The maximum Gasteiger partial charge on any atom is 0.202 e. The Kier molecular flexibility index (Phi) is 25.2. The zero-order valence-electron chi connectivity index (χ0n) is 63.7. The SMILES string of the molecule is CC(=O)[C@]1(O)Cc2c(O)c3c(c(O)c2[C@@H](O[C@H]2C[C@H](N)[C@H](O)[C@H](C)O2)C1)C(=O)c1ccccc1C3=O.CO[C@H](C(=O)[C@@H](O)[C@@H](C)O)C1Cc2cc3cc(O[C@H]4C[C@@H](O[C@H]5C[C@@H](O)[C@H](O)[C@@H](C)O5)[C@@H](O)[C@@H](C)O4)c(C)c(O)c3c(O)c2C(=O)[C@H]1O[C@H]1C[C@@H](O[C@H]2C[C@@H](O[C@H]3C[C@](C)(O)[C@H](O)[C@@H](C)O3)[C@H](O)[C@@H](C)O2)[C@H](O)[C@@H](C)O1. The lowest BCUT2D eigenvalue weighted by Gasteiger charge is -2.46. The summed E-state index contributed by atoms with van der Waals surface area (Å²) in [5.74, 6) is -7.13. The van der Waals surface area contributed by atoms with Crippen LogP contribution in [0.4, 0.5) is 0 Å². The lowest BCUT2D eigenvalue weighted by molar-refractivity contribution is -0.334. The maximum atomic E-state index is 15.0. The molecule has 4 aromatic rings. The molecule has 0 bridgehead atoms. The fourth-order valence-electron chi connectivity index (χ4n) is 16.8. The average Bonchev–Trinajstić information content (AvgIpc) is 0.712. The first-order valence-electron chi connectivity index (χ1n) is 37.7. The Morgan fingerprint density at radius 3 is 1.61 bits per heavy atom. The van der Waals surface area contributed by atoms with E-state index < -0.39 is 247 Å². The Hall–Kier alpha value is -6.47. The van der Waals surface area contributed by atoms with Gasteiger partial charge in [0.25, 0.3) is 0 Å². The van der Waals surface area contributed by atoms with Gasteiger partial charge in [-0.25, -0.2) is 0 Å². The molecule has 4 aromatic carbocycles. The zero-order valence-corrected chi connectivity index (χ0v) is 63.7. The number of Topliss-reactive ketones (excluding diaryl/α,β-unsaturated/α-hetero) is 3. The van der Waals surface area contributed by atoms with Crippen LogP contribution >= 0.6 is 0 Å². The van der Waals surface area contributed by atoms with E-state index in [1.165, 1.54) is 66.0 Å². The number of benzene rings is 4. The Morgan fingerprint density at radius 1 is 0.589 bits per heavy atom. The number of nitrogens with two attached hydrogens (primary N) is 1. The van der Waals surface area contributed by atoms with Gasteiger partial charge in [-0.1, -0.05) is 24.3 Å². The monoisotopic (exact) mass is 1580 g/mol. The summed E-state index contributed by atoms with van der Waals surface area (Å²) in [6, 6.07) is 8.43. The number of fused-ring (bicyclic) bond motifs is 5. The second-order valence-electron chi connectivity index (χ2n) is 31.5. The number of hydrogen-bond donors (Lipinski definition) is 16. The molecule has 112 heavy (non-hydrogen) atoms. The number of aliphatic hydroxyl groups excluding tert-OH is 9. The standard InChI is InChI=1S/C52H76O24.C26H27NO9/c1-18-29(72-34-14-30(43(58)21(4)68-34)73-33-13-28(54)42(57)20(3)67-33)12-26-10-25-11-27(49(66-9)48(63)41(56)19(2)53)50(47(62)39(25)46(61)38(26)40(18)55)76-36-16-31(44(59)23(6)70-36)74-35-15-32(45(60)22(5)69-35)75-37-17-52(8,65)51(64)24(7)71-37;1-10-21(29)15(27)7-17(35-10)36-16-9-26(34,11(2)28)8-14-18(16)25(33)20-19(24(14)32)22(30)12-5-3-4-6-13(12)23(20)31/h10,12,19-24,27-28,30-37,41-45,49-51,53-61,64-65H,11,13-17H2,1-9H3;3-6,10,15-17,21,29,32-34H,7-9,27H2,1-2H3/t19-,20-,21-,22-,23-,24-,27?,28-,30-,31-,32-,33+,34+,35+,36+,37+,41+,42-,43+,44-,45-,49+,50+,51-,52+;10-,15-,16-,17-,21+,26-/m10/s1. The molecule has 0 radical (unpaired) electrons. The van der Waals surface area contributed by atoms with Gasteiger partial charge in [0.15, 0.2) is 60.4 Å². The number of carbonyl (C=O) groups is 5. The molecule has 1 unspecified atom stereocenters. The summed E-state index contributed by atoms with van der Waals surface area (Å²) < 4.78 is 78.3. The predicted molar refractivity (Wildman–Crippen MR) is 382 cm³/mol. The molecule has 34 nitrogen and oxygen atoms in total. The van der Waals surface area contributed by atoms with Crippen molar-refractivity contribution in [2.75, 3.05) is 7.11 Å². The molecule has 13 rings (SSSR count). The smallest absolute Gasteiger partial charge is 0.202 e. The fourth-order valence-corrected chi connectivity index (χ4v) is 16.8. The lowest BCUT2D eigenvalue weighted by Crippen LogP contribution is -2.58. The van der Waals surface area contributed by atoms with E-state index >= 15 is 4.79 Å². The van der Waals surface area contributed by atoms with Crippen molar-refractivity contribution < 1.29 is 162 Å². The van der Waals surface area contributed by atoms with Crippen molar-refractivity contribution in [1.82, 2.24) is 0 Å². The molecule has 6 saturated heterocycles. The van der Waals surface area contributed by atoms with Gasteiger partial charge in [0.2, 0.25) is 6.29 Å². The van der Waals surface area contributed by atoms with Crippen LogP contribution in [0.5, 0.6) is 28.7 Å². The summed E-state index contributed by atoms with van der Waals surface area (Å²) in [5, 5.41) is 164. The summed E-state index contributed by atoms with van der Waals surface area (Å²) in [6.07, 6.45) is -31.4. The van der Waals surface area contributed by atoms with Crippen LogP contribution in [0.1, 0.15) is 178 Å². The van der Waals surface area contributed by atoms with Gasteiger partial charge in [0.05, 0.1) is 107 Å². The van der Waals surface area contributed by atoms with Gasteiger partial charge in [0.1, 0.15) is 83.2 Å². The predicted octanol–water partition coefficient (Wildman–Crippen LogP) is 0.771. The van der Waals surface area contributed by atoms with Crippen LogP contribution in [0.25, 0.3) is 10.8 Å². The van der Waals surface area contributed by atoms with Crippen LogP contribution in [0.15, 0.2) is 36.4 Å². The minimum atomic E-state index is -1.97. The van der Waals surface area contributed by atoms with Crippen molar-refractivity contribution in [1.29, 1.82) is 0 Å². The molecule has 6 heterocycles. The van der Waals surface area contributed by atoms with Crippen LogP contribution in [-0.4, -0.2) is 290 Å². The Labute approximate surface area is 643 Å². The number of aromatic hydroxyl groups is 4. The zero-order chi connectivity index (χ0) is 81.7. The molecule has 0 aromatic heterocycles. The minimum absolute atomic E-state index is 0.00588. The Balaban J connectivity index is 0.000000268. The highest BCUT2D eigenvalue weighted by Crippen LogP contribution is 2.53. The van der Waals surface area contributed by atoms with Gasteiger partial charge < -0.3 is 144 Å². The second-order valence-corrected chi connectivity index (χ2v) is 31.5. The topological polar surface area (TPSA) is 535 Å². The number of phenolic OH excluding ortho intramolecular Hbond substituents is 4. The van der Waals surface area contributed by atoms with Gasteiger partial charge in [-0.15, -0.1) is 0 Å². The number of methoxy groups -OCH3 is 1. The van der Waals surface area contributed by atoms with Crippen LogP contribution < -0.4 is 10.5 Å². The van der Waals surface area contributed by atoms with E-state index in [9.17, 15) is 95.8 Å². The summed E-state index contributed by atoms with van der Waals surface area (Å²) >= 11 is 0. The summed E-state index contributed by atoms with van der Waals surface area (Å²) in [6.45, 7) is 14.9. The van der Waals surface area contributed by atoms with Crippen molar-refractivity contribution >= 4 is 39.7 Å². The molecular formula is C78H103NO33. The number of ether oxygens (including phenoxy) is 13. The molecule has 34 heteroatoms. The third-order valence-electron chi connectivity index (χ3n) is 23.4. The van der Waals surface area contributed by atoms with E-state index in [1.807, 2.05) is 0 Å². The van der Waals surface area contributed by atoms with Crippen LogP contribution in [0, 0.1) is 12.8 Å². The van der Waals surface area contributed by atoms with Gasteiger partial charge in [-0.2, -0.15) is 0 Å². The van der Waals surface area contributed by atoms with Gasteiger partial charge >= 0.3 is 0 Å². The maximum absolute atomic E-state index is 15.0. The third kappa shape index (κ3) is 16.4. The molecule has 17 N–H and O–H groups in total. The second kappa shape index (κ2) is 33.3. The number of ketones is 5. The molecule has 0 amide bonds. The molecule has 6 aliphatic heterocycles. The first-order valence-corrected chi connectivity index (χ1v) is 37.7. The molecule has 3 aliphatic carbocycles. The van der Waals surface area contributed by atoms with E-state index in [0.29, 0.717) is 0 Å². The molecule has 9 aliphatic rings. The quantitative estimate of drug-likeness (QED) is 0.0539. The molecule has 0 saturated carbocycles. The van der Waals surface area contributed by atoms with Crippen molar-refractivity contribution in [3.05, 3.63) is 86.5 Å². The normalized spacial score (nSPS) is 38.9. The fraction of sp³-hybridized carbons (Fsp3) is 0.654. The largest absolute Gasteiger partial charge is 0.507 e. The highest BCUT2D eigenvalue weighted by atomic mass is 16.7. The van der Waals surface area contributed by atoms with Crippen molar-refractivity contribution in [3.8, 4) is 28.7 Å². The molecule has 6 fully saturated rings. The highest BCUT2D eigenvalue weighted by Gasteiger charge is 2.54. The van der Waals surface area contributed by atoms with Gasteiger partial charge in [0, 0.05) is 98.3 Å². The van der Waals surface area contributed by atoms with Crippen LogP contribution in [0.3, 0.4) is 0 Å². The highest BCUT2D eigenvalue weighted by molar-refractivity contribution is 6.30. The van der Waals surface area contributed by atoms with E-state index in [-0.39, 0.29) is 118 Å². The van der Waals surface area contributed by atoms with Crippen LogP contribution in [0.2, 0.25) is 0 Å². The summed E-state index contributed by atoms with van der Waals surface area (Å²) in [7, 11) is 1.18. The first-order chi connectivity index (χ1) is 52.6. The van der Waals surface area contributed by atoms with Crippen molar-refractivity contribution in [2.45, 2.75) is 310 Å². The van der Waals surface area contributed by atoms with Gasteiger partial charge in [-0.3, -0.25) is 24.0 Å². The van der Waals surface area contributed by atoms with E-state index in [1.54, 1.807) is 46.8 Å².